The Morgan fingerprint density at radius 1 is 1.55 bits per heavy atom. The number of hydrogen-bond acceptors (Lipinski definition) is 3. The van der Waals surface area contributed by atoms with Gasteiger partial charge in [0.15, 0.2) is 0 Å². The zero-order valence-electron chi connectivity index (χ0n) is 12.1. The van der Waals surface area contributed by atoms with Gasteiger partial charge in [-0.05, 0) is 48.0 Å². The lowest BCUT2D eigenvalue weighted by molar-refractivity contribution is 0.0952. The van der Waals surface area contributed by atoms with Crippen molar-refractivity contribution in [1.29, 1.82) is 0 Å². The lowest BCUT2D eigenvalue weighted by atomic mass is 9.87. The molecule has 0 aromatic heterocycles. The van der Waals surface area contributed by atoms with Crippen LogP contribution in [-0.2, 0) is 4.74 Å². The minimum Gasteiger partial charge on any atom is -0.495 e. The van der Waals surface area contributed by atoms with Crippen molar-refractivity contribution in [2.75, 3.05) is 20.3 Å². The van der Waals surface area contributed by atoms with E-state index < -0.39 is 0 Å². The second-order valence-electron chi connectivity index (χ2n) is 5.07. The molecular formula is C15H21BrClNO2. The second kappa shape index (κ2) is 7.12. The Morgan fingerprint density at radius 3 is 2.85 bits per heavy atom. The van der Waals surface area contributed by atoms with Gasteiger partial charge in [0, 0.05) is 29.2 Å². The fourth-order valence-corrected chi connectivity index (χ4v) is 3.92. The molecule has 0 saturated carbocycles. The van der Waals surface area contributed by atoms with E-state index in [9.17, 15) is 0 Å². The Hall–Kier alpha value is -0.290. The number of benzene rings is 1. The average Bonchev–Trinajstić information content (AvgIpc) is 2.81. The third-order valence-corrected chi connectivity index (χ3v) is 4.67. The molecule has 0 radical (unpaired) electrons. The summed E-state index contributed by atoms with van der Waals surface area (Å²) < 4.78 is 12.2. The molecule has 2 rings (SSSR count). The summed E-state index contributed by atoms with van der Waals surface area (Å²) in [5, 5.41) is 4.27. The molecule has 112 valence electrons. The Bertz CT molecular complexity index is 469. The van der Waals surface area contributed by atoms with Crippen LogP contribution in [0.15, 0.2) is 16.6 Å². The molecule has 0 spiro atoms. The quantitative estimate of drug-likeness (QED) is 0.852. The number of hydrogen-bond donors (Lipinski definition) is 1. The standard InChI is InChI=1S/C15H21BrClNO2/c1-4-18-14(11-5-6-20-9(11)2)12-7-10(17)8-13(16)15(12)19-3/h7-9,11,14,18H,4-6H2,1-3H3. The summed E-state index contributed by atoms with van der Waals surface area (Å²) in [6.45, 7) is 5.95. The van der Waals surface area contributed by atoms with E-state index in [0.717, 1.165) is 35.4 Å². The van der Waals surface area contributed by atoms with E-state index in [4.69, 9.17) is 21.1 Å². The van der Waals surface area contributed by atoms with Crippen molar-refractivity contribution >= 4 is 27.5 Å². The second-order valence-corrected chi connectivity index (χ2v) is 6.36. The molecular weight excluding hydrogens is 342 g/mol. The van der Waals surface area contributed by atoms with E-state index in [1.807, 2.05) is 12.1 Å². The number of nitrogens with one attached hydrogen (secondary N) is 1. The molecule has 3 nitrogen and oxygen atoms in total. The lowest BCUT2D eigenvalue weighted by Crippen LogP contribution is -2.32. The fourth-order valence-electron chi connectivity index (χ4n) is 2.92. The SMILES string of the molecule is CCNC(c1cc(Cl)cc(Br)c1OC)C1CCOC1C. The van der Waals surface area contributed by atoms with Crippen LogP contribution in [0.1, 0.15) is 31.9 Å². The largest absolute Gasteiger partial charge is 0.495 e. The third-order valence-electron chi connectivity index (χ3n) is 3.86. The lowest BCUT2D eigenvalue weighted by Gasteiger charge is -2.29. The van der Waals surface area contributed by atoms with Crippen LogP contribution in [0, 0.1) is 5.92 Å². The fraction of sp³-hybridized carbons (Fsp3) is 0.600. The van der Waals surface area contributed by atoms with Gasteiger partial charge in [-0.1, -0.05) is 18.5 Å². The van der Waals surface area contributed by atoms with E-state index in [2.05, 4.69) is 35.1 Å². The van der Waals surface area contributed by atoms with E-state index in [0.29, 0.717) is 10.9 Å². The van der Waals surface area contributed by atoms with Gasteiger partial charge in [0.05, 0.1) is 17.7 Å². The first-order valence-corrected chi connectivity index (χ1v) is 8.13. The van der Waals surface area contributed by atoms with Gasteiger partial charge in [0.25, 0.3) is 0 Å². The van der Waals surface area contributed by atoms with E-state index >= 15 is 0 Å². The Balaban J connectivity index is 2.43. The number of ether oxygens (including phenoxy) is 2. The summed E-state index contributed by atoms with van der Waals surface area (Å²) in [7, 11) is 1.69. The molecule has 3 unspecified atom stereocenters. The molecule has 0 amide bonds. The van der Waals surface area contributed by atoms with Gasteiger partial charge in [-0.15, -0.1) is 0 Å². The molecule has 1 saturated heterocycles. The Labute approximate surface area is 134 Å². The van der Waals surface area contributed by atoms with Crippen LogP contribution in [0.2, 0.25) is 5.02 Å². The highest BCUT2D eigenvalue weighted by Gasteiger charge is 2.34. The highest BCUT2D eigenvalue weighted by atomic mass is 79.9. The predicted octanol–water partition coefficient (Wildman–Crippen LogP) is 4.19. The number of methoxy groups -OCH3 is 1. The molecule has 1 aliphatic rings. The first-order valence-electron chi connectivity index (χ1n) is 6.96. The molecule has 1 heterocycles. The molecule has 1 aromatic carbocycles. The van der Waals surface area contributed by atoms with Crippen LogP contribution in [0.5, 0.6) is 5.75 Å². The average molecular weight is 363 g/mol. The van der Waals surface area contributed by atoms with Gasteiger partial charge in [0.2, 0.25) is 0 Å². The van der Waals surface area contributed by atoms with Gasteiger partial charge in [-0.2, -0.15) is 0 Å². The summed E-state index contributed by atoms with van der Waals surface area (Å²) in [4.78, 5) is 0. The molecule has 1 N–H and O–H groups in total. The van der Waals surface area contributed by atoms with Gasteiger partial charge in [0.1, 0.15) is 5.75 Å². The van der Waals surface area contributed by atoms with Crippen molar-refractivity contribution in [2.24, 2.45) is 5.92 Å². The molecule has 0 aliphatic carbocycles. The maximum absolute atomic E-state index is 6.22. The van der Waals surface area contributed by atoms with Crippen LogP contribution >= 0.6 is 27.5 Å². The molecule has 3 atom stereocenters. The maximum atomic E-state index is 6.22. The van der Waals surface area contributed by atoms with E-state index in [-0.39, 0.29) is 12.1 Å². The van der Waals surface area contributed by atoms with Crippen molar-refractivity contribution in [2.45, 2.75) is 32.4 Å². The predicted molar refractivity (Wildman–Crippen MR) is 85.6 cm³/mol. The van der Waals surface area contributed by atoms with Gasteiger partial charge >= 0.3 is 0 Å². The molecule has 0 bridgehead atoms. The first-order chi connectivity index (χ1) is 9.58. The highest BCUT2D eigenvalue weighted by Crippen LogP contribution is 2.41. The van der Waals surface area contributed by atoms with Crippen molar-refractivity contribution < 1.29 is 9.47 Å². The van der Waals surface area contributed by atoms with Crippen LogP contribution in [-0.4, -0.2) is 26.4 Å². The van der Waals surface area contributed by atoms with Crippen LogP contribution in [0.25, 0.3) is 0 Å². The molecule has 1 fully saturated rings. The number of rotatable bonds is 5. The Morgan fingerprint density at radius 2 is 2.30 bits per heavy atom. The Kier molecular flexibility index (Phi) is 5.73. The topological polar surface area (TPSA) is 30.5 Å². The smallest absolute Gasteiger partial charge is 0.137 e. The van der Waals surface area contributed by atoms with Crippen molar-refractivity contribution in [1.82, 2.24) is 5.32 Å². The van der Waals surface area contributed by atoms with Crippen LogP contribution < -0.4 is 10.1 Å². The molecule has 1 aromatic rings. The summed E-state index contributed by atoms with van der Waals surface area (Å²) in [6, 6.07) is 4.03. The van der Waals surface area contributed by atoms with Crippen molar-refractivity contribution in [3.8, 4) is 5.75 Å². The summed E-state index contributed by atoms with van der Waals surface area (Å²) in [5.41, 5.74) is 1.09. The van der Waals surface area contributed by atoms with Crippen LogP contribution in [0.3, 0.4) is 0 Å². The summed E-state index contributed by atoms with van der Waals surface area (Å²) >= 11 is 9.75. The van der Waals surface area contributed by atoms with Crippen molar-refractivity contribution in [3.63, 3.8) is 0 Å². The minimum absolute atomic E-state index is 0.183. The highest BCUT2D eigenvalue weighted by molar-refractivity contribution is 9.10. The third kappa shape index (κ3) is 3.30. The minimum atomic E-state index is 0.183. The summed E-state index contributed by atoms with van der Waals surface area (Å²) in [6.07, 6.45) is 1.29. The normalized spacial score (nSPS) is 23.9. The monoisotopic (exact) mass is 361 g/mol. The number of halogens is 2. The van der Waals surface area contributed by atoms with E-state index in [1.165, 1.54) is 0 Å². The van der Waals surface area contributed by atoms with Gasteiger partial charge < -0.3 is 14.8 Å². The molecule has 5 heteroatoms. The van der Waals surface area contributed by atoms with Crippen LogP contribution in [0.4, 0.5) is 0 Å². The summed E-state index contributed by atoms with van der Waals surface area (Å²) in [5.74, 6) is 1.27. The van der Waals surface area contributed by atoms with Gasteiger partial charge in [-0.25, -0.2) is 0 Å². The van der Waals surface area contributed by atoms with Gasteiger partial charge in [-0.3, -0.25) is 0 Å². The zero-order valence-corrected chi connectivity index (χ0v) is 14.4. The first kappa shape index (κ1) is 16.1. The van der Waals surface area contributed by atoms with Crippen molar-refractivity contribution in [3.05, 3.63) is 27.2 Å². The maximum Gasteiger partial charge on any atom is 0.137 e. The zero-order chi connectivity index (χ0) is 14.7. The molecule has 1 aliphatic heterocycles. The van der Waals surface area contributed by atoms with E-state index in [1.54, 1.807) is 7.11 Å². The molecule has 20 heavy (non-hydrogen) atoms.